The summed E-state index contributed by atoms with van der Waals surface area (Å²) in [6.07, 6.45) is 7.30. The number of unbranched alkanes of at least 4 members (excludes halogenated alkanes) is 5. The maximum atomic E-state index is 10.3. The third-order valence-corrected chi connectivity index (χ3v) is 2.40. The van der Waals surface area contributed by atoms with Gasteiger partial charge in [-0.3, -0.25) is 4.18 Å². The average molecular weight is 210 g/mol. The third kappa shape index (κ3) is 10.3. The summed E-state index contributed by atoms with van der Waals surface area (Å²) in [5.41, 5.74) is 0. The molecule has 0 aromatic carbocycles. The summed E-state index contributed by atoms with van der Waals surface area (Å²) in [7, 11) is -1.79. The Morgan fingerprint density at radius 1 is 1.17 bits per heavy atom. The first-order valence-corrected chi connectivity index (χ1v) is 6.73. The predicted octanol–water partition coefficient (Wildman–Crippen LogP) is 2.22. The van der Waals surface area contributed by atoms with Crippen LogP contribution in [0.3, 0.4) is 0 Å². The van der Waals surface area contributed by atoms with Crippen molar-refractivity contribution in [1.82, 2.24) is 0 Å². The lowest BCUT2D eigenvalue weighted by Gasteiger charge is -1.98. The van der Waals surface area contributed by atoms with Crippen molar-refractivity contribution in [2.45, 2.75) is 45.4 Å². The van der Waals surface area contributed by atoms with Gasteiger partial charge in [0.05, 0.1) is 6.61 Å². The SMILES string of the molecule is CCCCCCCCO[SH](=O)=S. The van der Waals surface area contributed by atoms with Crippen molar-refractivity contribution in [3.63, 3.8) is 0 Å². The minimum Gasteiger partial charge on any atom is -0.292 e. The molecular formula is C8H18O2S2. The highest BCUT2D eigenvalue weighted by atomic mass is 32.8. The van der Waals surface area contributed by atoms with E-state index >= 15 is 0 Å². The zero-order valence-corrected chi connectivity index (χ0v) is 9.33. The minimum atomic E-state index is -1.79. The topological polar surface area (TPSA) is 26.3 Å². The number of hydrogen-bond acceptors (Lipinski definition) is 3. The van der Waals surface area contributed by atoms with Crippen molar-refractivity contribution < 1.29 is 8.39 Å². The Morgan fingerprint density at radius 2 is 1.75 bits per heavy atom. The van der Waals surface area contributed by atoms with Gasteiger partial charge in [-0.25, -0.2) is 4.21 Å². The van der Waals surface area contributed by atoms with Crippen molar-refractivity contribution in [3.8, 4) is 0 Å². The fourth-order valence-corrected chi connectivity index (χ4v) is 1.52. The lowest BCUT2D eigenvalue weighted by Crippen LogP contribution is -1.91. The van der Waals surface area contributed by atoms with E-state index in [1.165, 1.54) is 32.1 Å². The second kappa shape index (κ2) is 9.42. The molecule has 0 amide bonds. The van der Waals surface area contributed by atoms with E-state index in [-0.39, 0.29) is 0 Å². The number of hydrogen-bond donors (Lipinski definition) is 1. The molecule has 2 nitrogen and oxygen atoms in total. The van der Waals surface area contributed by atoms with Crippen molar-refractivity contribution in [2.24, 2.45) is 0 Å². The molecule has 0 aliphatic rings. The van der Waals surface area contributed by atoms with Gasteiger partial charge in [-0.05, 0) is 6.42 Å². The molecule has 0 aliphatic heterocycles. The summed E-state index contributed by atoms with van der Waals surface area (Å²) < 4.78 is 15.1. The zero-order chi connectivity index (χ0) is 9.23. The summed E-state index contributed by atoms with van der Waals surface area (Å²) >= 11 is 4.39. The molecular weight excluding hydrogens is 192 g/mol. The van der Waals surface area contributed by atoms with Crippen LogP contribution in [0.2, 0.25) is 0 Å². The van der Waals surface area contributed by atoms with Crippen LogP contribution in [0.25, 0.3) is 0 Å². The Labute approximate surface area is 81.6 Å². The molecule has 0 spiro atoms. The smallest absolute Gasteiger partial charge is 0.133 e. The van der Waals surface area contributed by atoms with Crippen LogP contribution in [0.1, 0.15) is 45.4 Å². The maximum absolute atomic E-state index is 10.3. The van der Waals surface area contributed by atoms with Gasteiger partial charge in [0.15, 0.2) is 0 Å². The van der Waals surface area contributed by atoms with Crippen molar-refractivity contribution >= 4 is 20.8 Å². The van der Waals surface area contributed by atoms with E-state index in [0.717, 1.165) is 6.42 Å². The van der Waals surface area contributed by atoms with Gasteiger partial charge in [-0.15, -0.1) is 0 Å². The van der Waals surface area contributed by atoms with E-state index in [1.807, 2.05) is 0 Å². The van der Waals surface area contributed by atoms with Gasteiger partial charge < -0.3 is 0 Å². The van der Waals surface area contributed by atoms with Crippen molar-refractivity contribution in [2.75, 3.05) is 6.61 Å². The summed E-state index contributed by atoms with van der Waals surface area (Å²) in [6.45, 7) is 2.76. The highest BCUT2D eigenvalue weighted by Crippen LogP contribution is 2.04. The van der Waals surface area contributed by atoms with Crippen LogP contribution in [-0.4, -0.2) is 10.8 Å². The molecule has 1 unspecified atom stereocenters. The molecule has 0 bridgehead atoms. The molecule has 0 saturated carbocycles. The van der Waals surface area contributed by atoms with Gasteiger partial charge >= 0.3 is 0 Å². The van der Waals surface area contributed by atoms with E-state index in [1.54, 1.807) is 0 Å². The van der Waals surface area contributed by atoms with E-state index in [9.17, 15) is 4.21 Å². The molecule has 0 N–H and O–H groups in total. The molecule has 0 rings (SSSR count). The van der Waals surface area contributed by atoms with E-state index in [4.69, 9.17) is 4.18 Å². The van der Waals surface area contributed by atoms with Crippen LogP contribution in [-0.2, 0) is 25.0 Å². The highest BCUT2D eigenvalue weighted by Gasteiger charge is 1.89. The Hall–Kier alpha value is 0.330. The van der Waals surface area contributed by atoms with Gasteiger partial charge in [-0.1, -0.05) is 39.0 Å². The standard InChI is InChI=1S/C8H18O2S2/c1-2-3-4-5-6-7-8-10-12(9)11/h12H,2-8H2,1H3. The fourth-order valence-electron chi connectivity index (χ4n) is 1.02. The Balaban J connectivity index is 2.91. The molecule has 0 aromatic rings. The maximum Gasteiger partial charge on any atom is 0.133 e. The summed E-state index contributed by atoms with van der Waals surface area (Å²) in [5, 5.41) is 0. The molecule has 1 atom stereocenters. The third-order valence-electron chi connectivity index (χ3n) is 1.69. The van der Waals surface area contributed by atoms with Crippen molar-refractivity contribution in [3.05, 3.63) is 0 Å². The fraction of sp³-hybridized carbons (Fsp3) is 1.00. The lowest BCUT2D eigenvalue weighted by molar-refractivity contribution is 0.341. The Bertz CT molecular complexity index is 147. The largest absolute Gasteiger partial charge is 0.292 e. The quantitative estimate of drug-likeness (QED) is 0.491. The normalized spacial score (nSPS) is 13.1. The van der Waals surface area contributed by atoms with Crippen LogP contribution in [0.5, 0.6) is 0 Å². The van der Waals surface area contributed by atoms with Gasteiger partial charge in [0.25, 0.3) is 0 Å². The van der Waals surface area contributed by atoms with Crippen LogP contribution in [0.15, 0.2) is 0 Å². The lowest BCUT2D eigenvalue weighted by atomic mass is 10.1. The predicted molar refractivity (Wildman–Crippen MR) is 56.2 cm³/mol. The summed E-state index contributed by atoms with van der Waals surface area (Å²) in [4.78, 5) is 0. The second-order valence-electron chi connectivity index (χ2n) is 2.82. The summed E-state index contributed by atoms with van der Waals surface area (Å²) in [5.74, 6) is 0. The highest BCUT2D eigenvalue weighted by molar-refractivity contribution is 8.19. The number of thiol groups is 1. The van der Waals surface area contributed by atoms with E-state index in [0.29, 0.717) is 6.61 Å². The molecule has 0 heterocycles. The Kier molecular flexibility index (Phi) is 9.68. The molecule has 0 saturated heterocycles. The van der Waals surface area contributed by atoms with Crippen LogP contribution < -0.4 is 0 Å². The molecule has 0 aromatic heterocycles. The molecule has 12 heavy (non-hydrogen) atoms. The zero-order valence-electron chi connectivity index (χ0n) is 7.62. The molecule has 0 fully saturated rings. The molecule has 0 radical (unpaired) electrons. The van der Waals surface area contributed by atoms with E-state index in [2.05, 4.69) is 18.1 Å². The first-order valence-electron chi connectivity index (χ1n) is 4.54. The van der Waals surface area contributed by atoms with Gasteiger partial charge in [-0.2, -0.15) is 0 Å². The minimum absolute atomic E-state index is 0.560. The number of rotatable bonds is 8. The van der Waals surface area contributed by atoms with Gasteiger partial charge in [0.2, 0.25) is 0 Å². The van der Waals surface area contributed by atoms with Crippen LogP contribution >= 0.6 is 0 Å². The Morgan fingerprint density at radius 3 is 2.33 bits per heavy atom. The van der Waals surface area contributed by atoms with Crippen LogP contribution in [0, 0.1) is 0 Å². The van der Waals surface area contributed by atoms with Gasteiger partial charge in [0, 0.05) is 11.2 Å². The average Bonchev–Trinajstić information content (AvgIpc) is 2.02. The van der Waals surface area contributed by atoms with Gasteiger partial charge in [0.1, 0.15) is 9.64 Å². The first kappa shape index (κ1) is 12.3. The molecule has 74 valence electrons. The monoisotopic (exact) mass is 210 g/mol. The van der Waals surface area contributed by atoms with E-state index < -0.39 is 9.64 Å². The molecule has 4 heteroatoms. The summed E-state index contributed by atoms with van der Waals surface area (Å²) in [6, 6.07) is 0. The first-order chi connectivity index (χ1) is 5.77. The second-order valence-corrected chi connectivity index (χ2v) is 4.42. The van der Waals surface area contributed by atoms with Crippen LogP contribution in [0.4, 0.5) is 0 Å². The molecule has 0 aliphatic carbocycles. The van der Waals surface area contributed by atoms with Crippen molar-refractivity contribution in [1.29, 1.82) is 0 Å².